The lowest BCUT2D eigenvalue weighted by Gasteiger charge is -2.37. The largest absolute Gasteiger partial charge is 0.497 e. The van der Waals surface area contributed by atoms with Crippen LogP contribution in [0.3, 0.4) is 0 Å². The summed E-state index contributed by atoms with van der Waals surface area (Å²) in [6, 6.07) is 24.8. The second-order valence-corrected chi connectivity index (χ2v) is 11.5. The van der Waals surface area contributed by atoms with Gasteiger partial charge >= 0.3 is 5.97 Å². The van der Waals surface area contributed by atoms with Crippen LogP contribution in [0.2, 0.25) is 0 Å². The number of rotatable bonds is 14. The molecule has 0 saturated heterocycles. The number of hydrogen-bond donors (Lipinski definition) is 4. The number of hydrogen-bond acceptors (Lipinski definition) is 7. The van der Waals surface area contributed by atoms with Crippen molar-refractivity contribution in [1.29, 1.82) is 0 Å². The molecule has 0 fully saturated rings. The minimum Gasteiger partial charge on any atom is -0.497 e. The summed E-state index contributed by atoms with van der Waals surface area (Å²) >= 11 is 0. The van der Waals surface area contributed by atoms with Gasteiger partial charge in [-0.25, -0.2) is 13.2 Å². The summed E-state index contributed by atoms with van der Waals surface area (Å²) in [7, 11) is -2.58. The van der Waals surface area contributed by atoms with Gasteiger partial charge in [-0.15, -0.1) is 0 Å². The number of methoxy groups -OCH3 is 1. The molecular formula is C28H34N2O6S. The van der Waals surface area contributed by atoms with Crippen LogP contribution in [0.1, 0.15) is 30.4 Å². The number of nitrogens with one attached hydrogen (secondary N) is 1. The molecule has 198 valence electrons. The maximum Gasteiger partial charge on any atom is 0.351 e. The van der Waals surface area contributed by atoms with Gasteiger partial charge in [0, 0.05) is 19.5 Å². The minimum absolute atomic E-state index is 0.0408. The van der Waals surface area contributed by atoms with E-state index in [1.54, 1.807) is 31.4 Å². The summed E-state index contributed by atoms with van der Waals surface area (Å²) in [6.45, 7) is 0.182. The topological polar surface area (TPSA) is 139 Å². The van der Waals surface area contributed by atoms with E-state index >= 15 is 0 Å². The first-order chi connectivity index (χ1) is 17.6. The highest BCUT2D eigenvalue weighted by molar-refractivity contribution is 7.92. The highest BCUT2D eigenvalue weighted by Crippen LogP contribution is 2.36. The van der Waals surface area contributed by atoms with Gasteiger partial charge < -0.3 is 20.3 Å². The molecule has 0 aromatic heterocycles. The Balaban J connectivity index is 1.98. The van der Waals surface area contributed by atoms with Gasteiger partial charge in [-0.05, 0) is 54.7 Å². The van der Waals surface area contributed by atoms with E-state index in [9.17, 15) is 23.4 Å². The van der Waals surface area contributed by atoms with Gasteiger partial charge in [-0.3, -0.25) is 5.73 Å². The van der Waals surface area contributed by atoms with Gasteiger partial charge in [0.15, 0.2) is 9.84 Å². The van der Waals surface area contributed by atoms with Gasteiger partial charge in [-0.2, -0.15) is 0 Å². The Labute approximate surface area is 218 Å². The number of benzene rings is 3. The fourth-order valence-corrected chi connectivity index (χ4v) is 6.59. The molecular weight excluding hydrogens is 492 g/mol. The van der Waals surface area contributed by atoms with Gasteiger partial charge in [0.2, 0.25) is 5.72 Å². The number of carboxylic acids is 1. The third kappa shape index (κ3) is 7.17. The average molecular weight is 527 g/mol. The monoisotopic (exact) mass is 526 g/mol. The fraction of sp³-hybridized carbons (Fsp3) is 0.321. The van der Waals surface area contributed by atoms with Crippen molar-refractivity contribution >= 4 is 15.8 Å². The van der Waals surface area contributed by atoms with Crippen LogP contribution in [0.15, 0.2) is 89.8 Å². The molecule has 0 bridgehead atoms. The molecule has 37 heavy (non-hydrogen) atoms. The SMILES string of the molecule is COc1cccc(CNC[C@](CCCc2ccccc2)(C[C@](N)(O)C(=O)O)S(=O)(=O)c2ccccc2)c1. The van der Waals surface area contributed by atoms with Gasteiger partial charge in [0.1, 0.15) is 5.75 Å². The van der Waals surface area contributed by atoms with Crippen LogP contribution < -0.4 is 15.8 Å². The molecule has 3 aromatic rings. The number of ether oxygens (including phenoxy) is 1. The lowest BCUT2D eigenvalue weighted by molar-refractivity contribution is -0.159. The Morgan fingerprint density at radius 2 is 1.59 bits per heavy atom. The van der Waals surface area contributed by atoms with E-state index in [0.717, 1.165) is 11.1 Å². The number of carboxylic acid groups (broad SMARTS) is 1. The van der Waals surface area contributed by atoms with Crippen LogP contribution in [0.25, 0.3) is 0 Å². The van der Waals surface area contributed by atoms with E-state index in [0.29, 0.717) is 25.1 Å². The molecule has 3 aromatic carbocycles. The minimum atomic E-state index is -4.14. The zero-order valence-electron chi connectivity index (χ0n) is 20.8. The average Bonchev–Trinajstić information content (AvgIpc) is 2.89. The summed E-state index contributed by atoms with van der Waals surface area (Å²) in [5, 5.41) is 23.4. The van der Waals surface area contributed by atoms with E-state index in [1.165, 1.54) is 12.1 Å². The fourth-order valence-electron chi connectivity index (χ4n) is 4.46. The lowest BCUT2D eigenvalue weighted by atomic mass is 9.90. The van der Waals surface area contributed by atoms with Crippen molar-refractivity contribution in [2.45, 2.75) is 47.6 Å². The van der Waals surface area contributed by atoms with Gasteiger partial charge in [0.25, 0.3) is 0 Å². The maximum absolute atomic E-state index is 14.1. The van der Waals surface area contributed by atoms with Crippen LogP contribution in [-0.4, -0.2) is 48.7 Å². The smallest absolute Gasteiger partial charge is 0.351 e. The summed E-state index contributed by atoms with van der Waals surface area (Å²) in [6.07, 6.45) is 0.412. The van der Waals surface area contributed by atoms with Crippen molar-refractivity contribution < 1.29 is 28.2 Å². The predicted octanol–water partition coefficient (Wildman–Crippen LogP) is 3.14. The van der Waals surface area contributed by atoms with Crippen molar-refractivity contribution in [3.05, 3.63) is 96.1 Å². The molecule has 0 aliphatic heterocycles. The molecule has 3 rings (SSSR count). The van der Waals surface area contributed by atoms with Crippen molar-refractivity contribution in [1.82, 2.24) is 5.32 Å². The Morgan fingerprint density at radius 3 is 2.22 bits per heavy atom. The molecule has 8 nitrogen and oxygen atoms in total. The number of aryl methyl sites for hydroxylation is 1. The van der Waals surface area contributed by atoms with Crippen LogP contribution in [0.4, 0.5) is 0 Å². The van der Waals surface area contributed by atoms with E-state index in [2.05, 4.69) is 5.32 Å². The second kappa shape index (κ2) is 12.3. The quantitative estimate of drug-likeness (QED) is 0.235. The zero-order chi connectivity index (χ0) is 26.9. The molecule has 0 aliphatic carbocycles. The Kier molecular flexibility index (Phi) is 9.45. The molecule has 5 N–H and O–H groups in total. The first kappa shape index (κ1) is 28.3. The van der Waals surface area contributed by atoms with E-state index < -0.39 is 32.7 Å². The second-order valence-electron chi connectivity index (χ2n) is 9.20. The van der Waals surface area contributed by atoms with E-state index in [4.69, 9.17) is 10.5 Å². The molecule has 0 radical (unpaired) electrons. The van der Waals surface area contributed by atoms with Crippen LogP contribution in [0.5, 0.6) is 5.75 Å². The normalized spacial score (nSPS) is 14.9. The van der Waals surface area contributed by atoms with Crippen molar-refractivity contribution in [2.75, 3.05) is 13.7 Å². The number of aliphatic hydroxyl groups is 1. The number of aliphatic carboxylic acids is 1. The van der Waals surface area contributed by atoms with Crippen molar-refractivity contribution in [3.8, 4) is 5.75 Å². The van der Waals surface area contributed by atoms with Gasteiger partial charge in [0.05, 0.1) is 16.8 Å². The third-order valence-electron chi connectivity index (χ3n) is 6.44. The number of nitrogens with two attached hydrogens (primary N) is 1. The maximum atomic E-state index is 14.1. The Morgan fingerprint density at radius 1 is 0.973 bits per heavy atom. The standard InChI is InChI=1S/C28H34N2O6S/c1-36-24-14-8-12-23(18-24)19-30-21-27(20-28(29,33)26(31)32,17-9-13-22-10-4-2-5-11-22)37(34,35)25-15-6-3-7-16-25/h2-8,10-12,14-16,18,30,33H,9,13,17,19-21,29H2,1H3,(H,31,32)/t27-,28-/m0/s1. The first-order valence-corrected chi connectivity index (χ1v) is 13.5. The molecule has 0 saturated carbocycles. The van der Waals surface area contributed by atoms with Gasteiger partial charge in [-0.1, -0.05) is 60.7 Å². The first-order valence-electron chi connectivity index (χ1n) is 12.0. The molecule has 0 unspecified atom stereocenters. The summed E-state index contributed by atoms with van der Waals surface area (Å²) in [5.41, 5.74) is 4.91. The highest BCUT2D eigenvalue weighted by atomic mass is 32.2. The lowest BCUT2D eigenvalue weighted by Crippen LogP contribution is -2.59. The van der Waals surface area contributed by atoms with Crippen molar-refractivity contribution in [2.24, 2.45) is 5.73 Å². The van der Waals surface area contributed by atoms with Crippen LogP contribution in [-0.2, 0) is 27.6 Å². The summed E-state index contributed by atoms with van der Waals surface area (Å²) in [4.78, 5) is 11.9. The molecule has 0 spiro atoms. The Hall–Kier alpha value is -3.24. The van der Waals surface area contributed by atoms with Crippen LogP contribution in [0, 0.1) is 0 Å². The van der Waals surface area contributed by atoms with E-state index in [1.807, 2.05) is 48.5 Å². The highest BCUT2D eigenvalue weighted by Gasteiger charge is 2.51. The zero-order valence-corrected chi connectivity index (χ0v) is 21.7. The summed E-state index contributed by atoms with van der Waals surface area (Å²) in [5.74, 6) is -1.02. The molecule has 0 heterocycles. The molecule has 0 aliphatic rings. The van der Waals surface area contributed by atoms with Crippen molar-refractivity contribution in [3.63, 3.8) is 0 Å². The molecule has 2 atom stereocenters. The van der Waals surface area contributed by atoms with Crippen LogP contribution >= 0.6 is 0 Å². The Bertz CT molecular complexity index is 1270. The number of sulfone groups is 1. The number of carbonyl (C=O) groups is 1. The summed E-state index contributed by atoms with van der Waals surface area (Å²) < 4.78 is 31.8. The molecule has 9 heteroatoms. The van der Waals surface area contributed by atoms with E-state index in [-0.39, 0.29) is 17.9 Å². The predicted molar refractivity (Wildman–Crippen MR) is 142 cm³/mol. The third-order valence-corrected chi connectivity index (χ3v) is 8.96. The molecule has 0 amide bonds.